The molecule has 0 saturated carbocycles. The van der Waals surface area contributed by atoms with E-state index in [0.29, 0.717) is 11.6 Å². The summed E-state index contributed by atoms with van der Waals surface area (Å²) in [6, 6.07) is -0.191. The maximum atomic E-state index is 5.79. The van der Waals surface area contributed by atoms with Gasteiger partial charge in [0.1, 0.15) is 5.69 Å². The first kappa shape index (κ1) is 15.1. The topological polar surface area (TPSA) is 85.5 Å². The zero-order valence-corrected chi connectivity index (χ0v) is 12.3. The van der Waals surface area contributed by atoms with Gasteiger partial charge in [-0.15, -0.1) is 0 Å². The second-order valence-electron chi connectivity index (χ2n) is 5.30. The third kappa shape index (κ3) is 2.90. The highest BCUT2D eigenvalue weighted by molar-refractivity contribution is 5.24. The van der Waals surface area contributed by atoms with Gasteiger partial charge in [-0.3, -0.25) is 15.7 Å². The molecule has 2 heterocycles. The fraction of sp³-hybridized carbons (Fsp3) is 0.692. The van der Waals surface area contributed by atoms with E-state index in [9.17, 15) is 0 Å². The molecule has 112 valence electrons. The number of morpholine rings is 1. The molecule has 1 unspecified atom stereocenters. The standard InChI is InChI=1S/C13H23N5O2/c1-13(2,18-6-8-20-9-7-18)11(17-14)10-12(19-3)16-5-4-15-10/h4-5,11,17H,6-9,14H2,1-3H3. The summed E-state index contributed by atoms with van der Waals surface area (Å²) in [5.41, 5.74) is 3.35. The molecule has 1 aliphatic rings. The summed E-state index contributed by atoms with van der Waals surface area (Å²) in [5, 5.41) is 0. The second-order valence-corrected chi connectivity index (χ2v) is 5.30. The molecule has 3 N–H and O–H groups in total. The van der Waals surface area contributed by atoms with E-state index in [1.165, 1.54) is 0 Å². The molecule has 1 fully saturated rings. The van der Waals surface area contributed by atoms with E-state index in [1.807, 2.05) is 0 Å². The van der Waals surface area contributed by atoms with Crippen LogP contribution in [-0.2, 0) is 4.74 Å². The van der Waals surface area contributed by atoms with Crippen LogP contribution >= 0.6 is 0 Å². The smallest absolute Gasteiger partial charge is 0.237 e. The molecule has 0 aliphatic carbocycles. The van der Waals surface area contributed by atoms with Crippen LogP contribution in [0.4, 0.5) is 0 Å². The molecule has 0 bridgehead atoms. The average Bonchev–Trinajstić information content (AvgIpc) is 2.49. The Labute approximate surface area is 119 Å². The highest BCUT2D eigenvalue weighted by Crippen LogP contribution is 2.33. The van der Waals surface area contributed by atoms with Crippen LogP contribution in [0.5, 0.6) is 5.88 Å². The molecule has 0 aromatic carbocycles. The van der Waals surface area contributed by atoms with Gasteiger partial charge < -0.3 is 9.47 Å². The minimum Gasteiger partial charge on any atom is -0.480 e. The Morgan fingerprint density at radius 1 is 1.35 bits per heavy atom. The number of nitrogens with zero attached hydrogens (tertiary/aromatic N) is 3. The fourth-order valence-electron chi connectivity index (χ4n) is 2.63. The van der Waals surface area contributed by atoms with E-state index >= 15 is 0 Å². The summed E-state index contributed by atoms with van der Waals surface area (Å²) < 4.78 is 10.7. The number of aromatic nitrogens is 2. The van der Waals surface area contributed by atoms with Crippen LogP contribution in [0.2, 0.25) is 0 Å². The van der Waals surface area contributed by atoms with Gasteiger partial charge in [0.15, 0.2) is 0 Å². The molecular weight excluding hydrogens is 258 g/mol. The van der Waals surface area contributed by atoms with Crippen LogP contribution < -0.4 is 16.0 Å². The summed E-state index contributed by atoms with van der Waals surface area (Å²) in [6.45, 7) is 7.48. The second kappa shape index (κ2) is 6.45. The molecule has 1 aromatic rings. The minimum absolute atomic E-state index is 0.191. The molecule has 1 aromatic heterocycles. The normalized spacial score (nSPS) is 18.8. The third-order valence-electron chi connectivity index (χ3n) is 3.86. The molecule has 7 nitrogen and oxygen atoms in total. The van der Waals surface area contributed by atoms with Gasteiger partial charge in [-0.1, -0.05) is 0 Å². The highest BCUT2D eigenvalue weighted by Gasteiger charge is 2.39. The van der Waals surface area contributed by atoms with E-state index in [0.717, 1.165) is 26.3 Å². The Morgan fingerprint density at radius 3 is 2.60 bits per heavy atom. The quantitative estimate of drug-likeness (QED) is 0.585. The van der Waals surface area contributed by atoms with Gasteiger partial charge in [0.05, 0.1) is 26.4 Å². The lowest BCUT2D eigenvalue weighted by atomic mass is 9.89. The van der Waals surface area contributed by atoms with E-state index in [2.05, 4.69) is 34.1 Å². The van der Waals surface area contributed by atoms with Gasteiger partial charge in [0, 0.05) is 31.0 Å². The van der Waals surface area contributed by atoms with Crippen LogP contribution in [0.15, 0.2) is 12.4 Å². The van der Waals surface area contributed by atoms with Crippen LogP contribution in [0.1, 0.15) is 25.6 Å². The van der Waals surface area contributed by atoms with Gasteiger partial charge in [0.25, 0.3) is 0 Å². The lowest BCUT2D eigenvalue weighted by Gasteiger charge is -2.45. The number of methoxy groups -OCH3 is 1. The van der Waals surface area contributed by atoms with E-state index < -0.39 is 0 Å². The minimum atomic E-state index is -0.234. The van der Waals surface area contributed by atoms with Crippen molar-refractivity contribution >= 4 is 0 Å². The van der Waals surface area contributed by atoms with Gasteiger partial charge in [-0.05, 0) is 13.8 Å². The van der Waals surface area contributed by atoms with Crippen molar-refractivity contribution in [1.29, 1.82) is 0 Å². The molecule has 0 amide bonds. The predicted molar refractivity (Wildman–Crippen MR) is 75.1 cm³/mol. The maximum Gasteiger partial charge on any atom is 0.237 e. The molecule has 1 atom stereocenters. The lowest BCUT2D eigenvalue weighted by Crippen LogP contribution is -2.57. The number of rotatable bonds is 5. The van der Waals surface area contributed by atoms with E-state index in [1.54, 1.807) is 19.5 Å². The highest BCUT2D eigenvalue weighted by atomic mass is 16.5. The number of hydrogen-bond donors (Lipinski definition) is 2. The SMILES string of the molecule is COc1nccnc1C(NN)C(C)(C)N1CCOCC1. The van der Waals surface area contributed by atoms with E-state index in [4.69, 9.17) is 15.3 Å². The van der Waals surface area contributed by atoms with Gasteiger partial charge >= 0.3 is 0 Å². The van der Waals surface area contributed by atoms with Crippen molar-refractivity contribution in [3.05, 3.63) is 18.1 Å². The van der Waals surface area contributed by atoms with E-state index in [-0.39, 0.29) is 11.6 Å². The van der Waals surface area contributed by atoms with Gasteiger partial charge in [0.2, 0.25) is 5.88 Å². The molecule has 0 radical (unpaired) electrons. The summed E-state index contributed by atoms with van der Waals surface area (Å²) in [5.74, 6) is 6.29. The van der Waals surface area contributed by atoms with Crippen molar-refractivity contribution in [3.8, 4) is 5.88 Å². The number of hydrogen-bond acceptors (Lipinski definition) is 7. The van der Waals surface area contributed by atoms with Crippen molar-refractivity contribution in [3.63, 3.8) is 0 Å². The lowest BCUT2D eigenvalue weighted by molar-refractivity contribution is -0.0247. The number of nitrogens with two attached hydrogens (primary N) is 1. The number of ether oxygens (including phenoxy) is 2. The predicted octanol–water partition coefficient (Wildman–Crippen LogP) is 0.100. The van der Waals surface area contributed by atoms with Crippen molar-refractivity contribution in [2.75, 3.05) is 33.4 Å². The van der Waals surface area contributed by atoms with Crippen LogP contribution in [-0.4, -0.2) is 53.8 Å². The Bertz CT molecular complexity index is 435. The van der Waals surface area contributed by atoms with Crippen LogP contribution in [0.3, 0.4) is 0 Å². The Hall–Kier alpha value is -1.28. The maximum absolute atomic E-state index is 5.79. The summed E-state index contributed by atoms with van der Waals surface area (Å²) in [4.78, 5) is 10.9. The molecule has 1 aliphatic heterocycles. The Kier molecular flexibility index (Phi) is 4.87. The van der Waals surface area contributed by atoms with Gasteiger partial charge in [-0.2, -0.15) is 0 Å². The average molecular weight is 281 g/mol. The first-order valence-corrected chi connectivity index (χ1v) is 6.75. The molecule has 20 heavy (non-hydrogen) atoms. The molecule has 1 saturated heterocycles. The summed E-state index contributed by atoms with van der Waals surface area (Å²) >= 11 is 0. The van der Waals surface area contributed by atoms with Gasteiger partial charge in [-0.25, -0.2) is 10.4 Å². The molecular formula is C13H23N5O2. The van der Waals surface area contributed by atoms with Crippen LogP contribution in [0, 0.1) is 0 Å². The summed E-state index contributed by atoms with van der Waals surface area (Å²) in [6.07, 6.45) is 3.26. The summed E-state index contributed by atoms with van der Waals surface area (Å²) in [7, 11) is 1.59. The Balaban J connectivity index is 2.30. The first-order chi connectivity index (χ1) is 9.61. The zero-order chi connectivity index (χ0) is 14.6. The fourth-order valence-corrected chi connectivity index (χ4v) is 2.63. The van der Waals surface area contributed by atoms with Crippen molar-refractivity contribution < 1.29 is 9.47 Å². The van der Waals surface area contributed by atoms with Crippen molar-refractivity contribution in [2.45, 2.75) is 25.4 Å². The van der Waals surface area contributed by atoms with Crippen LogP contribution in [0.25, 0.3) is 0 Å². The van der Waals surface area contributed by atoms with Crippen molar-refractivity contribution in [2.24, 2.45) is 5.84 Å². The monoisotopic (exact) mass is 281 g/mol. The largest absolute Gasteiger partial charge is 0.480 e. The first-order valence-electron chi connectivity index (χ1n) is 6.75. The molecule has 0 spiro atoms. The molecule has 7 heteroatoms. The molecule has 2 rings (SSSR count). The van der Waals surface area contributed by atoms with Crippen molar-refractivity contribution in [1.82, 2.24) is 20.3 Å². The third-order valence-corrected chi connectivity index (χ3v) is 3.86. The number of nitrogens with one attached hydrogen (secondary N) is 1. The zero-order valence-electron chi connectivity index (χ0n) is 12.3. The Morgan fingerprint density at radius 2 is 2.00 bits per heavy atom. The number of hydrazine groups is 1.